The van der Waals surface area contributed by atoms with E-state index in [1.807, 2.05) is 0 Å². The van der Waals surface area contributed by atoms with Crippen LogP contribution in [-0.4, -0.2) is 43.0 Å². The van der Waals surface area contributed by atoms with Gasteiger partial charge in [0, 0.05) is 5.57 Å². The van der Waals surface area contributed by atoms with Gasteiger partial charge in [-0.25, -0.2) is 4.79 Å². The zero-order chi connectivity index (χ0) is 24.4. The van der Waals surface area contributed by atoms with Crippen LogP contribution in [0.5, 0.6) is 0 Å². The normalized spacial score (nSPS) is 14.6. The Bertz CT molecular complexity index is 599. The molecule has 0 unspecified atom stereocenters. The van der Waals surface area contributed by atoms with Gasteiger partial charge >= 0.3 is 36.3 Å². The van der Waals surface area contributed by atoms with Crippen molar-refractivity contribution in [3.63, 3.8) is 0 Å². The number of ether oxygens (including phenoxy) is 1. The molecule has 0 aromatic heterocycles. The zero-order valence-electron chi connectivity index (χ0n) is 15.0. The van der Waals surface area contributed by atoms with Crippen molar-refractivity contribution in [3.05, 3.63) is 12.2 Å². The van der Waals surface area contributed by atoms with Gasteiger partial charge in [0.05, 0.1) is 6.61 Å². The van der Waals surface area contributed by atoms with Gasteiger partial charge in [-0.1, -0.05) is 19.4 Å². The van der Waals surface area contributed by atoms with Gasteiger partial charge in [-0.2, -0.15) is 57.1 Å². The molecule has 0 fully saturated rings. The average Bonchev–Trinajstić information content (AvgIpc) is 2.49. The van der Waals surface area contributed by atoms with E-state index in [-0.39, 0.29) is 5.57 Å². The number of carbonyl (C=O) groups excluding carboxylic acids is 1. The first-order valence-electron chi connectivity index (χ1n) is 7.86. The molecule has 2 nitrogen and oxygen atoms in total. The number of hydrogen-bond donors (Lipinski definition) is 0. The Balaban J connectivity index is 5.87. The number of rotatable bonds is 9. The van der Waals surface area contributed by atoms with Crippen molar-refractivity contribution < 1.29 is 66.6 Å². The molecule has 0 aliphatic heterocycles. The fourth-order valence-corrected chi connectivity index (χ4v) is 2.36. The lowest BCUT2D eigenvalue weighted by atomic mass is 9.72. The predicted molar refractivity (Wildman–Crippen MR) is 74.7 cm³/mol. The second-order valence-corrected chi connectivity index (χ2v) is 6.27. The summed E-state index contributed by atoms with van der Waals surface area (Å²) in [5, 5.41) is 0. The van der Waals surface area contributed by atoms with E-state index in [9.17, 15) is 61.9 Å². The van der Waals surface area contributed by atoms with Crippen LogP contribution in [-0.2, 0) is 9.53 Å². The SMILES string of the molecule is C=C(C)C(=O)OCCCCCC(C(F)(F)F)(C(F)(F)F)C(F)(F)C(F)(F)C(F)(F)F. The summed E-state index contributed by atoms with van der Waals surface area (Å²) in [6, 6.07) is 0. The highest BCUT2D eigenvalue weighted by molar-refractivity contribution is 5.86. The average molecular weight is 474 g/mol. The Labute approximate surface area is 161 Å². The molecular formula is C15H15F13O2. The Kier molecular flexibility index (Phi) is 8.31. The van der Waals surface area contributed by atoms with Crippen molar-refractivity contribution in [1.82, 2.24) is 0 Å². The second-order valence-electron chi connectivity index (χ2n) is 6.27. The minimum atomic E-state index is -7.64. The van der Waals surface area contributed by atoms with Crippen LogP contribution in [0.1, 0.15) is 32.6 Å². The number of hydrogen-bond acceptors (Lipinski definition) is 2. The highest BCUT2D eigenvalue weighted by Gasteiger charge is 2.91. The van der Waals surface area contributed by atoms with E-state index >= 15 is 0 Å². The second kappa shape index (κ2) is 8.81. The Morgan fingerprint density at radius 2 is 1.13 bits per heavy atom. The zero-order valence-corrected chi connectivity index (χ0v) is 15.0. The quantitative estimate of drug-likeness (QED) is 0.163. The molecule has 0 saturated carbocycles. The Morgan fingerprint density at radius 1 is 0.700 bits per heavy atom. The fraction of sp³-hybridized carbons (Fsp3) is 0.800. The van der Waals surface area contributed by atoms with Crippen LogP contribution in [0.3, 0.4) is 0 Å². The summed E-state index contributed by atoms with van der Waals surface area (Å²) in [6.07, 6.45) is -27.4. The van der Waals surface area contributed by atoms with Gasteiger partial charge in [-0.3, -0.25) is 0 Å². The van der Waals surface area contributed by atoms with Crippen LogP contribution in [0.15, 0.2) is 12.2 Å². The summed E-state index contributed by atoms with van der Waals surface area (Å²) < 4.78 is 173. The molecule has 178 valence electrons. The summed E-state index contributed by atoms with van der Waals surface area (Å²) >= 11 is 0. The maximum absolute atomic E-state index is 13.8. The van der Waals surface area contributed by atoms with Crippen LogP contribution in [0, 0.1) is 5.41 Å². The predicted octanol–water partition coefficient (Wildman–Crippen LogP) is 6.61. The van der Waals surface area contributed by atoms with Crippen molar-refractivity contribution in [3.8, 4) is 0 Å². The van der Waals surface area contributed by atoms with E-state index in [2.05, 4.69) is 11.3 Å². The Hall–Kier alpha value is -1.70. The van der Waals surface area contributed by atoms with E-state index < -0.39 is 74.0 Å². The molecule has 0 saturated heterocycles. The molecule has 0 aliphatic rings. The molecule has 0 atom stereocenters. The van der Waals surface area contributed by atoms with E-state index in [1.165, 1.54) is 6.92 Å². The third kappa shape index (κ3) is 5.13. The topological polar surface area (TPSA) is 26.3 Å². The van der Waals surface area contributed by atoms with E-state index in [0.717, 1.165) is 0 Å². The first kappa shape index (κ1) is 28.3. The highest BCUT2D eigenvalue weighted by Crippen LogP contribution is 2.67. The summed E-state index contributed by atoms with van der Waals surface area (Å²) in [4.78, 5) is 11.0. The molecule has 0 N–H and O–H groups in total. The standard InChI is InChI=1S/C15H15F13O2/c1-8(2)9(29)30-7-5-3-4-6-10(13(20,21)22,14(23,24)25)11(16,17)12(18,19)15(26,27)28/h1,3-7H2,2H3. The van der Waals surface area contributed by atoms with E-state index in [0.29, 0.717) is 0 Å². The van der Waals surface area contributed by atoms with Crippen molar-refractivity contribution in [1.29, 1.82) is 0 Å². The monoisotopic (exact) mass is 474 g/mol. The lowest BCUT2D eigenvalue weighted by molar-refractivity contribution is -0.461. The summed E-state index contributed by atoms with van der Waals surface area (Å²) in [7, 11) is 0. The molecule has 0 heterocycles. The number of alkyl halides is 13. The fourth-order valence-electron chi connectivity index (χ4n) is 2.36. The molecule has 0 aromatic rings. The van der Waals surface area contributed by atoms with Gasteiger partial charge in [-0.15, -0.1) is 0 Å². The van der Waals surface area contributed by atoms with Crippen LogP contribution >= 0.6 is 0 Å². The molecule has 0 radical (unpaired) electrons. The van der Waals surface area contributed by atoms with E-state index in [4.69, 9.17) is 0 Å². The lowest BCUT2D eigenvalue weighted by Gasteiger charge is -2.45. The largest absolute Gasteiger partial charge is 0.462 e. The van der Waals surface area contributed by atoms with Crippen LogP contribution in [0.4, 0.5) is 57.1 Å². The minimum absolute atomic E-state index is 0.114. The molecule has 0 aromatic carbocycles. The van der Waals surface area contributed by atoms with Crippen LogP contribution < -0.4 is 0 Å². The van der Waals surface area contributed by atoms with Gasteiger partial charge < -0.3 is 4.74 Å². The third-order valence-electron chi connectivity index (χ3n) is 4.03. The van der Waals surface area contributed by atoms with Crippen LogP contribution in [0.25, 0.3) is 0 Å². The van der Waals surface area contributed by atoms with Crippen molar-refractivity contribution in [2.75, 3.05) is 6.61 Å². The maximum atomic E-state index is 13.8. The van der Waals surface area contributed by atoms with Crippen molar-refractivity contribution in [2.24, 2.45) is 5.41 Å². The molecule has 0 rings (SSSR count). The first-order chi connectivity index (χ1) is 13.1. The van der Waals surface area contributed by atoms with Crippen LogP contribution in [0.2, 0.25) is 0 Å². The molecule has 30 heavy (non-hydrogen) atoms. The first-order valence-corrected chi connectivity index (χ1v) is 7.86. The minimum Gasteiger partial charge on any atom is -0.462 e. The molecular weight excluding hydrogens is 459 g/mol. The smallest absolute Gasteiger partial charge is 0.459 e. The molecule has 0 aliphatic carbocycles. The summed E-state index contributed by atoms with van der Waals surface area (Å²) in [6.45, 7) is 3.76. The van der Waals surface area contributed by atoms with Crippen molar-refractivity contribution >= 4 is 5.97 Å². The Morgan fingerprint density at radius 3 is 1.47 bits per heavy atom. The maximum Gasteiger partial charge on any atom is 0.459 e. The highest BCUT2D eigenvalue weighted by atomic mass is 19.4. The molecule has 0 spiro atoms. The molecule has 0 amide bonds. The van der Waals surface area contributed by atoms with Gasteiger partial charge in [0.2, 0.25) is 5.41 Å². The number of esters is 1. The summed E-state index contributed by atoms with van der Waals surface area (Å²) in [5.74, 6) is -16.2. The third-order valence-corrected chi connectivity index (χ3v) is 4.03. The van der Waals surface area contributed by atoms with Gasteiger partial charge in [0.15, 0.2) is 0 Å². The number of carbonyl (C=O) groups is 1. The summed E-state index contributed by atoms with van der Waals surface area (Å²) in [5.41, 5.74) is -6.79. The number of unbranched alkanes of at least 4 members (excludes halogenated alkanes) is 2. The van der Waals surface area contributed by atoms with Gasteiger partial charge in [0.1, 0.15) is 0 Å². The number of halogens is 13. The molecule has 15 heteroatoms. The molecule has 0 bridgehead atoms. The van der Waals surface area contributed by atoms with Gasteiger partial charge in [0.25, 0.3) is 0 Å². The van der Waals surface area contributed by atoms with Gasteiger partial charge in [-0.05, 0) is 19.8 Å². The lowest BCUT2D eigenvalue weighted by Crippen LogP contribution is -2.70. The van der Waals surface area contributed by atoms with E-state index in [1.54, 1.807) is 0 Å². The van der Waals surface area contributed by atoms with Crippen molar-refractivity contribution in [2.45, 2.75) is 63.0 Å².